The second kappa shape index (κ2) is 5.91. The summed E-state index contributed by atoms with van der Waals surface area (Å²) in [5, 5.41) is 2.39. The van der Waals surface area contributed by atoms with Crippen LogP contribution < -0.4 is 11.1 Å². The van der Waals surface area contributed by atoms with Crippen LogP contribution in [0, 0.1) is 5.92 Å². The van der Waals surface area contributed by atoms with E-state index in [9.17, 15) is 22.8 Å². The van der Waals surface area contributed by atoms with Crippen LogP contribution in [0.2, 0.25) is 0 Å². The van der Waals surface area contributed by atoms with Gasteiger partial charge in [-0.15, -0.1) is 0 Å². The highest BCUT2D eigenvalue weighted by atomic mass is 19.4. The standard InChI is InChI=1S/C13H14F3N3O3/c1-6-4-9(22-10(6)13(14,15)16)12(21)19-7-2-3-18-8(5-7)11(17)20/h2-3,5-6,9-10H,4H2,1H3,(H2,17,20)(H,18,19,21)/t6-,9-,10+/m1/s1. The first-order chi connectivity index (χ1) is 10.2. The Balaban J connectivity index is 2.05. The van der Waals surface area contributed by atoms with Gasteiger partial charge in [0.1, 0.15) is 11.8 Å². The first-order valence-corrected chi connectivity index (χ1v) is 6.47. The molecule has 120 valence electrons. The zero-order valence-corrected chi connectivity index (χ0v) is 11.6. The maximum absolute atomic E-state index is 12.7. The summed E-state index contributed by atoms with van der Waals surface area (Å²) in [7, 11) is 0. The van der Waals surface area contributed by atoms with Gasteiger partial charge in [-0.1, -0.05) is 6.92 Å². The largest absolute Gasteiger partial charge is 0.414 e. The summed E-state index contributed by atoms with van der Waals surface area (Å²) < 4.78 is 42.9. The van der Waals surface area contributed by atoms with Crippen LogP contribution in [0.1, 0.15) is 23.8 Å². The van der Waals surface area contributed by atoms with E-state index in [1.54, 1.807) is 0 Å². The van der Waals surface area contributed by atoms with Crippen LogP contribution in [0.3, 0.4) is 0 Å². The molecule has 0 aromatic carbocycles. The number of primary amides is 1. The molecule has 1 fully saturated rings. The third-order valence-corrected chi connectivity index (χ3v) is 3.31. The molecular weight excluding hydrogens is 303 g/mol. The molecule has 2 heterocycles. The number of nitrogens with two attached hydrogens (primary N) is 1. The molecule has 0 aliphatic carbocycles. The Hall–Kier alpha value is -2.16. The summed E-state index contributed by atoms with van der Waals surface area (Å²) in [4.78, 5) is 26.7. The molecule has 2 rings (SSSR count). The van der Waals surface area contributed by atoms with E-state index in [1.807, 2.05) is 0 Å². The van der Waals surface area contributed by atoms with Crippen molar-refractivity contribution in [3.05, 3.63) is 24.0 Å². The van der Waals surface area contributed by atoms with E-state index < -0.39 is 36.1 Å². The summed E-state index contributed by atoms with van der Waals surface area (Å²) >= 11 is 0. The molecule has 9 heteroatoms. The van der Waals surface area contributed by atoms with E-state index in [2.05, 4.69) is 10.3 Å². The number of amides is 2. The lowest BCUT2D eigenvalue weighted by Crippen LogP contribution is -2.35. The molecule has 0 radical (unpaired) electrons. The highest BCUT2D eigenvalue weighted by Crippen LogP contribution is 2.37. The minimum Gasteiger partial charge on any atom is -0.364 e. The number of carbonyl (C=O) groups excluding carboxylic acids is 2. The predicted octanol–water partition coefficient (Wildman–Crippen LogP) is 1.47. The lowest BCUT2D eigenvalue weighted by molar-refractivity contribution is -0.221. The van der Waals surface area contributed by atoms with Crippen molar-refractivity contribution in [3.8, 4) is 0 Å². The lowest BCUT2D eigenvalue weighted by Gasteiger charge is -2.18. The number of alkyl halides is 3. The Kier molecular flexibility index (Phi) is 4.36. The third kappa shape index (κ3) is 3.53. The highest BCUT2D eigenvalue weighted by Gasteiger charge is 2.51. The number of anilines is 1. The van der Waals surface area contributed by atoms with E-state index in [1.165, 1.54) is 25.3 Å². The topological polar surface area (TPSA) is 94.3 Å². The fraction of sp³-hybridized carbons (Fsp3) is 0.462. The number of nitrogens with zero attached hydrogens (tertiary/aromatic N) is 1. The van der Waals surface area contributed by atoms with Gasteiger partial charge in [-0.05, 0) is 24.5 Å². The number of hydrogen-bond donors (Lipinski definition) is 2. The van der Waals surface area contributed by atoms with Gasteiger partial charge in [0.05, 0.1) is 0 Å². The molecule has 2 amide bonds. The van der Waals surface area contributed by atoms with E-state index >= 15 is 0 Å². The summed E-state index contributed by atoms with van der Waals surface area (Å²) in [6.45, 7) is 1.38. The van der Waals surface area contributed by atoms with Gasteiger partial charge in [0.25, 0.3) is 11.8 Å². The normalized spacial score (nSPS) is 25.0. The molecule has 22 heavy (non-hydrogen) atoms. The van der Waals surface area contributed by atoms with Gasteiger partial charge < -0.3 is 15.8 Å². The maximum atomic E-state index is 12.7. The second-order valence-corrected chi connectivity index (χ2v) is 5.08. The van der Waals surface area contributed by atoms with Crippen molar-refractivity contribution in [3.63, 3.8) is 0 Å². The summed E-state index contributed by atoms with van der Waals surface area (Å²) in [6, 6.07) is 2.63. The molecule has 3 N–H and O–H groups in total. The maximum Gasteiger partial charge on any atom is 0.414 e. The third-order valence-electron chi connectivity index (χ3n) is 3.31. The second-order valence-electron chi connectivity index (χ2n) is 5.08. The average molecular weight is 317 g/mol. The molecule has 0 saturated carbocycles. The van der Waals surface area contributed by atoms with Crippen molar-refractivity contribution in [2.75, 3.05) is 5.32 Å². The summed E-state index contributed by atoms with van der Waals surface area (Å²) in [5.41, 5.74) is 5.20. The van der Waals surface area contributed by atoms with E-state index in [4.69, 9.17) is 10.5 Å². The first-order valence-electron chi connectivity index (χ1n) is 6.47. The van der Waals surface area contributed by atoms with Gasteiger partial charge in [-0.2, -0.15) is 13.2 Å². The van der Waals surface area contributed by atoms with Crippen molar-refractivity contribution >= 4 is 17.5 Å². The molecule has 3 atom stereocenters. The minimum absolute atomic E-state index is 0.0379. The zero-order valence-electron chi connectivity index (χ0n) is 11.6. The van der Waals surface area contributed by atoms with Gasteiger partial charge in [0.2, 0.25) is 0 Å². The average Bonchev–Trinajstić information content (AvgIpc) is 2.81. The van der Waals surface area contributed by atoms with E-state index in [0.717, 1.165) is 0 Å². The van der Waals surface area contributed by atoms with Crippen LogP contribution in [0.5, 0.6) is 0 Å². The number of ether oxygens (including phenoxy) is 1. The Morgan fingerprint density at radius 3 is 2.68 bits per heavy atom. The molecule has 6 nitrogen and oxygen atoms in total. The Labute approximate surface area is 123 Å². The molecule has 1 aliphatic heterocycles. The van der Waals surface area contributed by atoms with Crippen molar-refractivity contribution in [1.29, 1.82) is 0 Å². The van der Waals surface area contributed by atoms with Crippen molar-refractivity contribution in [2.45, 2.75) is 31.7 Å². The van der Waals surface area contributed by atoms with Crippen LogP contribution in [0.25, 0.3) is 0 Å². The van der Waals surface area contributed by atoms with E-state index in [-0.39, 0.29) is 17.8 Å². The van der Waals surface area contributed by atoms with Gasteiger partial charge in [0.15, 0.2) is 6.10 Å². The van der Waals surface area contributed by atoms with Gasteiger partial charge >= 0.3 is 6.18 Å². The van der Waals surface area contributed by atoms with Crippen LogP contribution >= 0.6 is 0 Å². The molecular formula is C13H14F3N3O3. The minimum atomic E-state index is -4.51. The summed E-state index contributed by atoms with van der Waals surface area (Å²) in [6.07, 6.45) is -6.45. The predicted molar refractivity (Wildman–Crippen MR) is 69.9 cm³/mol. The fourth-order valence-corrected chi connectivity index (χ4v) is 2.26. The van der Waals surface area contributed by atoms with Gasteiger partial charge in [0, 0.05) is 11.9 Å². The molecule has 1 aliphatic rings. The molecule has 0 spiro atoms. The van der Waals surface area contributed by atoms with Crippen molar-refractivity contribution < 1.29 is 27.5 Å². The van der Waals surface area contributed by atoms with Crippen LogP contribution in [-0.2, 0) is 9.53 Å². The number of pyridine rings is 1. The number of nitrogens with one attached hydrogen (secondary N) is 1. The van der Waals surface area contributed by atoms with Crippen LogP contribution in [0.4, 0.5) is 18.9 Å². The van der Waals surface area contributed by atoms with Gasteiger partial charge in [-0.25, -0.2) is 0 Å². The van der Waals surface area contributed by atoms with Crippen LogP contribution in [0.15, 0.2) is 18.3 Å². The molecule has 1 saturated heterocycles. The number of hydrogen-bond acceptors (Lipinski definition) is 4. The Bertz CT molecular complexity index is 591. The highest BCUT2D eigenvalue weighted by molar-refractivity contribution is 5.96. The monoisotopic (exact) mass is 317 g/mol. The Morgan fingerprint density at radius 1 is 1.45 bits per heavy atom. The molecule has 1 aromatic heterocycles. The molecule has 0 unspecified atom stereocenters. The quantitative estimate of drug-likeness (QED) is 0.883. The SMILES string of the molecule is C[C@@H]1C[C@H](C(=O)Nc2ccnc(C(N)=O)c2)O[C@@H]1C(F)(F)F. The van der Waals surface area contributed by atoms with Crippen molar-refractivity contribution in [2.24, 2.45) is 11.7 Å². The number of halogens is 3. The number of aromatic nitrogens is 1. The smallest absolute Gasteiger partial charge is 0.364 e. The van der Waals surface area contributed by atoms with Crippen LogP contribution in [-0.4, -0.2) is 35.2 Å². The molecule has 1 aromatic rings. The number of rotatable bonds is 3. The summed E-state index contributed by atoms with van der Waals surface area (Å²) in [5.74, 6) is -2.30. The van der Waals surface area contributed by atoms with Gasteiger partial charge in [-0.3, -0.25) is 14.6 Å². The van der Waals surface area contributed by atoms with Crippen molar-refractivity contribution in [1.82, 2.24) is 4.98 Å². The van der Waals surface area contributed by atoms with E-state index in [0.29, 0.717) is 0 Å². The first kappa shape index (κ1) is 16.2. The lowest BCUT2D eigenvalue weighted by atomic mass is 10.0. The fourth-order valence-electron chi connectivity index (χ4n) is 2.26. The molecule has 0 bridgehead atoms. The number of carbonyl (C=O) groups is 2. The zero-order chi connectivity index (χ0) is 16.5. The Morgan fingerprint density at radius 2 is 2.14 bits per heavy atom.